The van der Waals surface area contributed by atoms with E-state index in [1.807, 2.05) is 6.92 Å². The Kier molecular flexibility index (Phi) is 9.91. The Morgan fingerprint density at radius 3 is 2.26 bits per heavy atom. The van der Waals surface area contributed by atoms with Crippen LogP contribution in [-0.4, -0.2) is 36.1 Å². The Balaban J connectivity index is 3.90. The molecule has 0 aliphatic heterocycles. The second kappa shape index (κ2) is 10.2. The molecule has 1 atom stereocenters. The molecule has 0 aliphatic carbocycles. The van der Waals surface area contributed by atoms with Gasteiger partial charge < -0.3 is 4.90 Å². The van der Waals surface area contributed by atoms with Crippen molar-refractivity contribution in [3.8, 4) is 6.07 Å². The van der Waals surface area contributed by atoms with Crippen LogP contribution in [0.1, 0.15) is 66.7 Å². The van der Waals surface area contributed by atoms with Gasteiger partial charge in [-0.2, -0.15) is 5.26 Å². The molecule has 0 aliphatic rings. The van der Waals surface area contributed by atoms with Crippen LogP contribution in [0.3, 0.4) is 0 Å². The van der Waals surface area contributed by atoms with E-state index in [4.69, 9.17) is 0 Å². The van der Waals surface area contributed by atoms with Gasteiger partial charge in [-0.25, -0.2) is 0 Å². The molecule has 0 rings (SSSR count). The maximum atomic E-state index is 9.28. The Hall–Kier alpha value is -0.590. The lowest BCUT2D eigenvalue weighted by molar-refractivity contribution is 0.270. The van der Waals surface area contributed by atoms with Crippen LogP contribution in [0.2, 0.25) is 0 Å². The number of hydrogen-bond acceptors (Lipinski definition) is 3. The second-order valence-corrected chi connectivity index (χ2v) is 5.99. The van der Waals surface area contributed by atoms with E-state index in [1.165, 1.54) is 32.4 Å². The standard InChI is InChI=1S/C16H33N3/c1-6-8-12-19(7-2)13-10-9-11-16(5,14-17)18-15(3)4/h15,18H,6-13H2,1-5H3. The van der Waals surface area contributed by atoms with Crippen LogP contribution >= 0.6 is 0 Å². The number of rotatable bonds is 11. The zero-order valence-corrected chi connectivity index (χ0v) is 13.6. The summed E-state index contributed by atoms with van der Waals surface area (Å²) in [5, 5.41) is 12.6. The largest absolute Gasteiger partial charge is 0.304 e. The minimum absolute atomic E-state index is 0.362. The molecule has 19 heavy (non-hydrogen) atoms. The third-order valence-electron chi connectivity index (χ3n) is 3.53. The molecule has 0 saturated heterocycles. The Morgan fingerprint density at radius 1 is 1.16 bits per heavy atom. The summed E-state index contributed by atoms with van der Waals surface area (Å²) in [6.45, 7) is 14.2. The summed E-state index contributed by atoms with van der Waals surface area (Å²) >= 11 is 0. The molecule has 0 spiro atoms. The highest BCUT2D eigenvalue weighted by molar-refractivity contribution is 5.04. The highest BCUT2D eigenvalue weighted by atomic mass is 15.1. The predicted molar refractivity (Wildman–Crippen MR) is 83.2 cm³/mol. The van der Waals surface area contributed by atoms with Gasteiger partial charge in [0.1, 0.15) is 5.54 Å². The molecule has 0 aromatic carbocycles. The van der Waals surface area contributed by atoms with E-state index in [0.717, 1.165) is 19.4 Å². The molecule has 0 radical (unpaired) electrons. The van der Waals surface area contributed by atoms with E-state index in [0.29, 0.717) is 6.04 Å². The third-order valence-corrected chi connectivity index (χ3v) is 3.53. The lowest BCUT2D eigenvalue weighted by atomic mass is 9.95. The summed E-state index contributed by atoms with van der Waals surface area (Å²) in [6.07, 6.45) is 5.80. The van der Waals surface area contributed by atoms with Crippen molar-refractivity contribution in [1.82, 2.24) is 10.2 Å². The van der Waals surface area contributed by atoms with Crippen LogP contribution in [0.15, 0.2) is 0 Å². The molecule has 3 nitrogen and oxygen atoms in total. The quantitative estimate of drug-likeness (QED) is 0.582. The van der Waals surface area contributed by atoms with Gasteiger partial charge in [-0.3, -0.25) is 5.32 Å². The van der Waals surface area contributed by atoms with Crippen LogP contribution in [0.5, 0.6) is 0 Å². The minimum Gasteiger partial charge on any atom is -0.304 e. The average Bonchev–Trinajstić information content (AvgIpc) is 2.37. The maximum Gasteiger partial charge on any atom is 0.104 e. The Morgan fingerprint density at radius 2 is 1.79 bits per heavy atom. The zero-order valence-electron chi connectivity index (χ0n) is 13.6. The van der Waals surface area contributed by atoms with Crippen molar-refractivity contribution in [3.05, 3.63) is 0 Å². The summed E-state index contributed by atoms with van der Waals surface area (Å²) in [4.78, 5) is 2.52. The van der Waals surface area contributed by atoms with Gasteiger partial charge in [0.05, 0.1) is 6.07 Å². The summed E-state index contributed by atoms with van der Waals surface area (Å²) in [6, 6.07) is 2.78. The lowest BCUT2D eigenvalue weighted by Gasteiger charge is -2.26. The molecule has 0 fully saturated rings. The van der Waals surface area contributed by atoms with E-state index < -0.39 is 0 Å². The van der Waals surface area contributed by atoms with Gasteiger partial charge in [-0.1, -0.05) is 20.3 Å². The van der Waals surface area contributed by atoms with Crippen LogP contribution in [0, 0.1) is 11.3 Å². The first-order chi connectivity index (χ1) is 8.97. The van der Waals surface area contributed by atoms with Crippen molar-refractivity contribution in [3.63, 3.8) is 0 Å². The van der Waals surface area contributed by atoms with Gasteiger partial charge in [0, 0.05) is 6.04 Å². The average molecular weight is 267 g/mol. The van der Waals surface area contributed by atoms with Gasteiger partial charge in [-0.05, 0) is 66.1 Å². The molecule has 0 heterocycles. The van der Waals surface area contributed by atoms with Crippen molar-refractivity contribution in [2.75, 3.05) is 19.6 Å². The Labute approximate surface area is 120 Å². The van der Waals surface area contributed by atoms with Crippen LogP contribution in [0.4, 0.5) is 0 Å². The van der Waals surface area contributed by atoms with Gasteiger partial charge in [0.25, 0.3) is 0 Å². The number of unbranched alkanes of at least 4 members (excludes halogenated alkanes) is 2. The van der Waals surface area contributed by atoms with Gasteiger partial charge in [0.2, 0.25) is 0 Å². The molecule has 0 aromatic heterocycles. The van der Waals surface area contributed by atoms with Gasteiger partial charge in [-0.15, -0.1) is 0 Å². The van der Waals surface area contributed by atoms with Crippen LogP contribution in [-0.2, 0) is 0 Å². The summed E-state index contributed by atoms with van der Waals surface area (Å²) in [7, 11) is 0. The number of hydrogen-bond donors (Lipinski definition) is 1. The molecule has 3 heteroatoms. The molecule has 1 N–H and O–H groups in total. The second-order valence-electron chi connectivity index (χ2n) is 5.99. The maximum absolute atomic E-state index is 9.28. The van der Waals surface area contributed by atoms with Crippen molar-refractivity contribution in [2.45, 2.75) is 78.3 Å². The van der Waals surface area contributed by atoms with Crippen molar-refractivity contribution >= 4 is 0 Å². The monoisotopic (exact) mass is 267 g/mol. The van der Waals surface area contributed by atoms with E-state index in [-0.39, 0.29) is 5.54 Å². The fourth-order valence-electron chi connectivity index (χ4n) is 2.42. The highest BCUT2D eigenvalue weighted by Gasteiger charge is 2.23. The number of nitrogens with one attached hydrogen (secondary N) is 1. The summed E-state index contributed by atoms with van der Waals surface area (Å²) in [5.74, 6) is 0. The number of nitriles is 1. The molecular formula is C16H33N3. The zero-order chi connectivity index (χ0) is 14.7. The predicted octanol–water partition coefficient (Wildman–Crippen LogP) is 3.56. The van der Waals surface area contributed by atoms with Crippen LogP contribution in [0.25, 0.3) is 0 Å². The first-order valence-electron chi connectivity index (χ1n) is 7.88. The third kappa shape index (κ3) is 9.02. The first-order valence-corrected chi connectivity index (χ1v) is 7.88. The molecule has 0 saturated carbocycles. The van der Waals surface area contributed by atoms with Crippen molar-refractivity contribution < 1.29 is 0 Å². The molecule has 1 unspecified atom stereocenters. The van der Waals surface area contributed by atoms with Crippen molar-refractivity contribution in [2.24, 2.45) is 0 Å². The molecule has 0 amide bonds. The number of nitrogens with zero attached hydrogens (tertiary/aromatic N) is 2. The normalized spacial score (nSPS) is 14.6. The molecule has 0 aromatic rings. The minimum atomic E-state index is -0.366. The summed E-state index contributed by atoms with van der Waals surface area (Å²) < 4.78 is 0. The Bertz CT molecular complexity index is 257. The molecular weight excluding hydrogens is 234 g/mol. The van der Waals surface area contributed by atoms with E-state index in [1.54, 1.807) is 0 Å². The van der Waals surface area contributed by atoms with Crippen molar-refractivity contribution in [1.29, 1.82) is 5.26 Å². The van der Waals surface area contributed by atoms with Gasteiger partial charge in [0.15, 0.2) is 0 Å². The van der Waals surface area contributed by atoms with Gasteiger partial charge >= 0.3 is 0 Å². The van der Waals surface area contributed by atoms with E-state index >= 15 is 0 Å². The van der Waals surface area contributed by atoms with E-state index in [9.17, 15) is 5.26 Å². The topological polar surface area (TPSA) is 39.1 Å². The fraction of sp³-hybridized carbons (Fsp3) is 0.938. The smallest absolute Gasteiger partial charge is 0.104 e. The van der Waals surface area contributed by atoms with Crippen LogP contribution < -0.4 is 5.32 Å². The SMILES string of the molecule is CCCCN(CC)CCCCC(C)(C#N)NC(C)C. The van der Waals surface area contributed by atoms with E-state index in [2.05, 4.69) is 44.0 Å². The fourth-order valence-corrected chi connectivity index (χ4v) is 2.42. The molecule has 112 valence electrons. The lowest BCUT2D eigenvalue weighted by Crippen LogP contribution is -2.45. The first kappa shape index (κ1) is 18.4. The highest BCUT2D eigenvalue weighted by Crippen LogP contribution is 2.14. The molecule has 0 bridgehead atoms. The summed E-state index contributed by atoms with van der Waals surface area (Å²) in [5.41, 5.74) is -0.366.